The first-order chi connectivity index (χ1) is 9.79. The van der Waals surface area contributed by atoms with E-state index in [-0.39, 0.29) is 5.97 Å². The van der Waals surface area contributed by atoms with E-state index in [4.69, 9.17) is 4.74 Å². The largest absolute Gasteiger partial charge is 0.462 e. The van der Waals surface area contributed by atoms with Crippen LogP contribution in [-0.4, -0.2) is 30.9 Å². The average molecular weight is 293 g/mol. The molecule has 1 heterocycles. The normalized spacial score (nSPS) is 18.8. The van der Waals surface area contributed by atoms with Crippen LogP contribution in [0.2, 0.25) is 0 Å². The fraction of sp³-hybridized carbons (Fsp3) is 0.562. The van der Waals surface area contributed by atoms with Crippen LogP contribution >= 0.6 is 11.8 Å². The van der Waals surface area contributed by atoms with E-state index in [2.05, 4.69) is 5.32 Å². The second-order valence-corrected chi connectivity index (χ2v) is 6.40. The molecule has 1 fully saturated rings. The summed E-state index contributed by atoms with van der Waals surface area (Å²) in [6.45, 7) is 4.76. The highest BCUT2D eigenvalue weighted by molar-refractivity contribution is 7.99. The summed E-state index contributed by atoms with van der Waals surface area (Å²) in [4.78, 5) is 11.7. The van der Waals surface area contributed by atoms with E-state index < -0.39 is 0 Å². The van der Waals surface area contributed by atoms with Gasteiger partial charge in [-0.05, 0) is 43.5 Å². The van der Waals surface area contributed by atoms with E-state index in [9.17, 15) is 4.79 Å². The molecule has 1 N–H and O–H groups in total. The van der Waals surface area contributed by atoms with Crippen LogP contribution < -0.4 is 5.32 Å². The number of piperidine rings is 1. The lowest BCUT2D eigenvalue weighted by molar-refractivity contribution is 0.0505. The summed E-state index contributed by atoms with van der Waals surface area (Å²) in [6, 6.07) is 7.80. The van der Waals surface area contributed by atoms with Gasteiger partial charge in [-0.25, -0.2) is 4.79 Å². The van der Waals surface area contributed by atoms with E-state index in [1.54, 1.807) is 0 Å². The average Bonchev–Trinajstić information content (AvgIpc) is 2.52. The SMILES string of the molecule is CCCOC(=O)c1ccc(CSC2CCCNC2)cc1. The highest BCUT2D eigenvalue weighted by atomic mass is 32.2. The fourth-order valence-electron chi connectivity index (χ4n) is 2.19. The Morgan fingerprint density at radius 1 is 1.40 bits per heavy atom. The Bertz CT molecular complexity index is 413. The molecule has 0 aromatic heterocycles. The topological polar surface area (TPSA) is 38.3 Å². The lowest BCUT2D eigenvalue weighted by Crippen LogP contribution is -2.31. The molecular formula is C16H23NO2S. The quantitative estimate of drug-likeness (QED) is 0.817. The van der Waals surface area contributed by atoms with Crippen LogP contribution in [0.25, 0.3) is 0 Å². The zero-order valence-corrected chi connectivity index (χ0v) is 12.9. The summed E-state index contributed by atoms with van der Waals surface area (Å²) in [5, 5.41) is 4.15. The molecule has 0 amide bonds. The number of hydrogen-bond donors (Lipinski definition) is 1. The van der Waals surface area contributed by atoms with Crippen molar-refractivity contribution in [3.8, 4) is 0 Å². The molecule has 0 aliphatic carbocycles. The molecule has 1 atom stereocenters. The number of hydrogen-bond acceptors (Lipinski definition) is 4. The molecule has 2 rings (SSSR count). The van der Waals surface area contributed by atoms with Crippen molar-refractivity contribution in [3.63, 3.8) is 0 Å². The minimum Gasteiger partial charge on any atom is -0.462 e. The van der Waals surface area contributed by atoms with Gasteiger partial charge in [0.15, 0.2) is 0 Å². The highest BCUT2D eigenvalue weighted by Crippen LogP contribution is 2.23. The first-order valence-corrected chi connectivity index (χ1v) is 8.43. The van der Waals surface area contributed by atoms with Crippen LogP contribution in [0.15, 0.2) is 24.3 Å². The summed E-state index contributed by atoms with van der Waals surface area (Å²) in [5.74, 6) is 0.791. The van der Waals surface area contributed by atoms with E-state index >= 15 is 0 Å². The molecule has 1 unspecified atom stereocenters. The molecule has 0 bridgehead atoms. The Hall–Kier alpha value is -1.00. The number of benzene rings is 1. The molecule has 0 radical (unpaired) electrons. The van der Waals surface area contributed by atoms with E-state index in [1.165, 1.54) is 18.4 Å². The van der Waals surface area contributed by atoms with Crippen LogP contribution in [0.1, 0.15) is 42.1 Å². The van der Waals surface area contributed by atoms with Gasteiger partial charge < -0.3 is 10.1 Å². The predicted octanol–water partition coefficient (Wildman–Crippen LogP) is 3.24. The van der Waals surface area contributed by atoms with Crippen molar-refractivity contribution in [2.45, 2.75) is 37.2 Å². The van der Waals surface area contributed by atoms with Crippen LogP contribution in [0, 0.1) is 0 Å². The van der Waals surface area contributed by atoms with Crippen molar-refractivity contribution < 1.29 is 9.53 Å². The Morgan fingerprint density at radius 2 is 2.20 bits per heavy atom. The number of carbonyl (C=O) groups is 1. The molecule has 20 heavy (non-hydrogen) atoms. The van der Waals surface area contributed by atoms with Gasteiger partial charge in [0.2, 0.25) is 0 Å². The number of carbonyl (C=O) groups excluding carboxylic acids is 1. The Morgan fingerprint density at radius 3 is 2.85 bits per heavy atom. The number of rotatable bonds is 6. The standard InChI is InChI=1S/C16H23NO2S/c1-2-10-19-16(18)14-7-5-13(6-8-14)12-20-15-4-3-9-17-11-15/h5-8,15,17H,2-4,9-12H2,1H3. The first kappa shape index (κ1) is 15.4. The third-order valence-electron chi connectivity index (χ3n) is 3.36. The van der Waals surface area contributed by atoms with Crippen molar-refractivity contribution >= 4 is 17.7 Å². The molecule has 4 heteroatoms. The monoisotopic (exact) mass is 293 g/mol. The second-order valence-electron chi connectivity index (χ2n) is 5.11. The van der Waals surface area contributed by atoms with Gasteiger partial charge in [-0.3, -0.25) is 0 Å². The zero-order valence-electron chi connectivity index (χ0n) is 12.1. The maximum Gasteiger partial charge on any atom is 0.338 e. The minimum atomic E-state index is -0.220. The number of ether oxygens (including phenoxy) is 1. The highest BCUT2D eigenvalue weighted by Gasteiger charge is 2.13. The van der Waals surface area contributed by atoms with Gasteiger partial charge >= 0.3 is 5.97 Å². The number of nitrogens with one attached hydrogen (secondary N) is 1. The second kappa shape index (κ2) is 8.32. The Kier molecular flexibility index (Phi) is 6.40. The molecule has 1 aliphatic heterocycles. The van der Waals surface area contributed by atoms with E-state index in [1.807, 2.05) is 43.0 Å². The first-order valence-electron chi connectivity index (χ1n) is 7.38. The van der Waals surface area contributed by atoms with Gasteiger partial charge in [0.1, 0.15) is 0 Å². The van der Waals surface area contributed by atoms with E-state index in [0.29, 0.717) is 12.2 Å². The Labute approximate surface area is 125 Å². The molecule has 1 saturated heterocycles. The van der Waals surface area contributed by atoms with Crippen molar-refractivity contribution in [1.82, 2.24) is 5.32 Å². The van der Waals surface area contributed by atoms with Crippen LogP contribution in [0.4, 0.5) is 0 Å². The van der Waals surface area contributed by atoms with Crippen molar-refractivity contribution in [3.05, 3.63) is 35.4 Å². The van der Waals surface area contributed by atoms with Crippen LogP contribution in [-0.2, 0) is 10.5 Å². The maximum absolute atomic E-state index is 11.7. The summed E-state index contributed by atoms with van der Waals surface area (Å²) < 4.78 is 5.12. The summed E-state index contributed by atoms with van der Waals surface area (Å²) >= 11 is 2.00. The van der Waals surface area contributed by atoms with Crippen LogP contribution in [0.5, 0.6) is 0 Å². The summed E-state index contributed by atoms with van der Waals surface area (Å²) in [6.07, 6.45) is 3.44. The van der Waals surface area contributed by atoms with Crippen molar-refractivity contribution in [1.29, 1.82) is 0 Å². The molecule has 3 nitrogen and oxygen atoms in total. The number of esters is 1. The van der Waals surface area contributed by atoms with Crippen LogP contribution in [0.3, 0.4) is 0 Å². The lowest BCUT2D eigenvalue weighted by atomic mass is 10.1. The van der Waals surface area contributed by atoms with E-state index in [0.717, 1.165) is 30.5 Å². The fourth-order valence-corrected chi connectivity index (χ4v) is 3.38. The van der Waals surface area contributed by atoms with Gasteiger partial charge in [-0.15, -0.1) is 0 Å². The molecule has 1 aliphatic rings. The number of thioether (sulfide) groups is 1. The van der Waals surface area contributed by atoms with Gasteiger partial charge in [-0.2, -0.15) is 11.8 Å². The predicted molar refractivity (Wildman–Crippen MR) is 84.2 cm³/mol. The summed E-state index contributed by atoms with van der Waals surface area (Å²) in [7, 11) is 0. The van der Waals surface area contributed by atoms with Gasteiger partial charge in [-0.1, -0.05) is 19.1 Å². The molecule has 110 valence electrons. The Balaban J connectivity index is 1.80. The molecular weight excluding hydrogens is 270 g/mol. The van der Waals surface area contributed by atoms with Gasteiger partial charge in [0.05, 0.1) is 12.2 Å². The third-order valence-corrected chi connectivity index (χ3v) is 4.74. The third kappa shape index (κ3) is 4.84. The van der Waals surface area contributed by atoms with Crippen molar-refractivity contribution in [2.24, 2.45) is 0 Å². The molecule has 1 aromatic carbocycles. The van der Waals surface area contributed by atoms with Gasteiger partial charge in [0, 0.05) is 17.5 Å². The minimum absolute atomic E-state index is 0.220. The van der Waals surface area contributed by atoms with Gasteiger partial charge in [0.25, 0.3) is 0 Å². The molecule has 1 aromatic rings. The summed E-state index contributed by atoms with van der Waals surface area (Å²) in [5.41, 5.74) is 1.92. The van der Waals surface area contributed by atoms with Crippen molar-refractivity contribution in [2.75, 3.05) is 19.7 Å². The zero-order chi connectivity index (χ0) is 14.2. The molecule has 0 spiro atoms. The maximum atomic E-state index is 11.7. The smallest absolute Gasteiger partial charge is 0.338 e. The lowest BCUT2D eigenvalue weighted by Gasteiger charge is -2.22. The molecule has 0 saturated carbocycles.